The van der Waals surface area contributed by atoms with Crippen LogP contribution in [0.5, 0.6) is 0 Å². The van der Waals surface area contributed by atoms with Crippen LogP contribution in [0.15, 0.2) is 84.1 Å². The molecule has 31 heavy (non-hydrogen) atoms. The molecule has 0 aliphatic heterocycles. The molecule has 152 valence electrons. The topological polar surface area (TPSA) is 85.3 Å². The first kappa shape index (κ1) is 19.0. The van der Waals surface area contributed by atoms with Crippen molar-refractivity contribution in [3.63, 3.8) is 0 Å². The van der Waals surface area contributed by atoms with Gasteiger partial charge in [-0.1, -0.05) is 53.8 Å². The second-order valence-corrected chi connectivity index (χ2v) is 8.04. The van der Waals surface area contributed by atoms with E-state index >= 15 is 0 Å². The van der Waals surface area contributed by atoms with Crippen LogP contribution in [0.2, 0.25) is 0 Å². The predicted octanol–water partition coefficient (Wildman–Crippen LogP) is 5.65. The molecular weight excluding hydrogens is 410 g/mol. The van der Waals surface area contributed by atoms with Crippen molar-refractivity contribution in [2.45, 2.75) is 6.54 Å². The van der Waals surface area contributed by atoms with Gasteiger partial charge in [0, 0.05) is 41.3 Å². The molecule has 0 spiro atoms. The Hall–Kier alpha value is -4.04. The van der Waals surface area contributed by atoms with Gasteiger partial charge in [0.15, 0.2) is 0 Å². The molecule has 0 amide bonds. The van der Waals surface area contributed by atoms with E-state index in [-0.39, 0.29) is 10.6 Å². The van der Waals surface area contributed by atoms with Gasteiger partial charge < -0.3 is 4.57 Å². The number of hydrazone groups is 1. The van der Waals surface area contributed by atoms with Crippen LogP contribution in [0.3, 0.4) is 0 Å². The third-order valence-corrected chi connectivity index (χ3v) is 5.92. The summed E-state index contributed by atoms with van der Waals surface area (Å²) < 4.78 is 3.23. The van der Waals surface area contributed by atoms with Crippen molar-refractivity contribution in [2.75, 3.05) is 5.43 Å². The quantitative estimate of drug-likeness (QED) is 0.215. The molecule has 0 bridgehead atoms. The van der Waals surface area contributed by atoms with Gasteiger partial charge >= 0.3 is 0 Å². The largest absolute Gasteiger partial charge is 0.342 e. The van der Waals surface area contributed by atoms with Gasteiger partial charge in [0.25, 0.3) is 5.69 Å². The van der Waals surface area contributed by atoms with E-state index in [1.165, 1.54) is 12.1 Å². The predicted molar refractivity (Wildman–Crippen MR) is 125 cm³/mol. The van der Waals surface area contributed by atoms with Crippen molar-refractivity contribution >= 4 is 49.5 Å². The number of nitro groups is 1. The lowest BCUT2D eigenvalue weighted by Gasteiger charge is -2.05. The molecule has 0 fully saturated rings. The second-order valence-electron chi connectivity index (χ2n) is 7.01. The van der Waals surface area contributed by atoms with Crippen LogP contribution in [-0.2, 0) is 6.54 Å². The van der Waals surface area contributed by atoms with Crippen LogP contribution in [0.1, 0.15) is 11.1 Å². The van der Waals surface area contributed by atoms with Gasteiger partial charge in [-0.25, -0.2) is 4.98 Å². The van der Waals surface area contributed by atoms with Crippen molar-refractivity contribution in [2.24, 2.45) is 5.10 Å². The van der Waals surface area contributed by atoms with Crippen molar-refractivity contribution in [3.05, 3.63) is 100 Å². The minimum Gasteiger partial charge on any atom is -0.342 e. The van der Waals surface area contributed by atoms with E-state index in [2.05, 4.69) is 32.2 Å². The molecule has 8 heteroatoms. The Morgan fingerprint density at radius 2 is 1.84 bits per heavy atom. The summed E-state index contributed by atoms with van der Waals surface area (Å²) in [5.41, 5.74) is 7.11. The van der Waals surface area contributed by atoms with Gasteiger partial charge in [0.2, 0.25) is 5.13 Å². The molecule has 2 aromatic heterocycles. The lowest BCUT2D eigenvalue weighted by molar-refractivity contribution is -0.384. The molecule has 2 heterocycles. The van der Waals surface area contributed by atoms with E-state index in [9.17, 15) is 10.1 Å². The van der Waals surface area contributed by atoms with Gasteiger partial charge in [-0.05, 0) is 23.8 Å². The minimum atomic E-state index is -0.387. The third-order valence-electron chi connectivity index (χ3n) is 4.98. The first-order chi connectivity index (χ1) is 15.2. The highest BCUT2D eigenvalue weighted by Gasteiger charge is 2.09. The summed E-state index contributed by atoms with van der Waals surface area (Å²) in [4.78, 5) is 15.0. The highest BCUT2D eigenvalue weighted by atomic mass is 32.1. The Morgan fingerprint density at radius 3 is 2.65 bits per heavy atom. The summed E-state index contributed by atoms with van der Waals surface area (Å²) in [5.74, 6) is 0. The number of nitrogens with zero attached hydrogens (tertiary/aromatic N) is 4. The summed E-state index contributed by atoms with van der Waals surface area (Å²) >= 11 is 1.56. The zero-order valence-corrected chi connectivity index (χ0v) is 17.1. The molecule has 0 aliphatic carbocycles. The molecule has 0 saturated carbocycles. The molecule has 0 atom stereocenters. The average molecular weight is 427 g/mol. The smallest absolute Gasteiger partial charge is 0.269 e. The van der Waals surface area contributed by atoms with E-state index in [1.54, 1.807) is 29.7 Å². The van der Waals surface area contributed by atoms with Gasteiger partial charge in [0.05, 0.1) is 21.4 Å². The van der Waals surface area contributed by atoms with E-state index in [4.69, 9.17) is 0 Å². The van der Waals surface area contributed by atoms with Crippen LogP contribution < -0.4 is 5.43 Å². The number of non-ortho nitro benzene ring substituents is 1. The Morgan fingerprint density at radius 1 is 1.06 bits per heavy atom. The first-order valence-corrected chi connectivity index (χ1v) is 10.4. The Labute approximate surface area is 181 Å². The molecule has 0 unspecified atom stereocenters. The van der Waals surface area contributed by atoms with Gasteiger partial charge in [-0.3, -0.25) is 15.5 Å². The number of aromatic nitrogens is 2. The Balaban J connectivity index is 1.40. The van der Waals surface area contributed by atoms with Crippen LogP contribution in [-0.4, -0.2) is 20.7 Å². The summed E-state index contributed by atoms with van der Waals surface area (Å²) in [5, 5.41) is 17.1. The number of anilines is 1. The maximum Gasteiger partial charge on any atom is 0.269 e. The van der Waals surface area contributed by atoms with Gasteiger partial charge in [-0.15, -0.1) is 0 Å². The zero-order chi connectivity index (χ0) is 21.2. The number of hydrogen-bond acceptors (Lipinski definition) is 6. The number of nitrogens with one attached hydrogen (secondary N) is 1. The maximum absolute atomic E-state index is 10.9. The van der Waals surface area contributed by atoms with Crippen molar-refractivity contribution in [1.29, 1.82) is 0 Å². The zero-order valence-electron chi connectivity index (χ0n) is 16.3. The summed E-state index contributed by atoms with van der Waals surface area (Å²) in [6.45, 7) is 0.609. The van der Waals surface area contributed by atoms with Gasteiger partial charge in [-0.2, -0.15) is 5.10 Å². The fourth-order valence-electron chi connectivity index (χ4n) is 3.51. The minimum absolute atomic E-state index is 0.0925. The average Bonchev–Trinajstić information content (AvgIpc) is 3.36. The SMILES string of the molecule is O=[N+]([O-])c1ccc(Cn2cc(/C=N\Nc3nc4ccccc4s3)c3ccccc32)cc1. The highest BCUT2D eigenvalue weighted by molar-refractivity contribution is 7.22. The molecule has 5 aromatic rings. The molecule has 0 radical (unpaired) electrons. The normalized spacial score (nSPS) is 11.5. The number of benzene rings is 3. The van der Waals surface area contributed by atoms with Crippen molar-refractivity contribution in [1.82, 2.24) is 9.55 Å². The number of nitro benzene ring substituents is 1. The molecular formula is C23H17N5O2S. The fourth-order valence-corrected chi connectivity index (χ4v) is 4.32. The van der Waals surface area contributed by atoms with Crippen molar-refractivity contribution in [3.8, 4) is 0 Å². The number of rotatable bonds is 6. The summed E-state index contributed by atoms with van der Waals surface area (Å²) in [6, 6.07) is 22.7. The summed E-state index contributed by atoms with van der Waals surface area (Å²) in [7, 11) is 0. The van der Waals surface area contributed by atoms with E-state index < -0.39 is 0 Å². The van der Waals surface area contributed by atoms with E-state index in [1.807, 2.05) is 42.6 Å². The Bertz CT molecular complexity index is 1390. The van der Waals surface area contributed by atoms with E-state index in [0.29, 0.717) is 6.54 Å². The lowest BCUT2D eigenvalue weighted by Crippen LogP contribution is -1.98. The maximum atomic E-state index is 10.9. The van der Waals surface area contributed by atoms with Crippen LogP contribution >= 0.6 is 11.3 Å². The van der Waals surface area contributed by atoms with Gasteiger partial charge in [0.1, 0.15) is 0 Å². The van der Waals surface area contributed by atoms with Crippen molar-refractivity contribution < 1.29 is 4.92 Å². The monoisotopic (exact) mass is 427 g/mol. The van der Waals surface area contributed by atoms with E-state index in [0.717, 1.165) is 37.4 Å². The highest BCUT2D eigenvalue weighted by Crippen LogP contribution is 2.26. The number of hydrogen-bond donors (Lipinski definition) is 1. The molecule has 3 aromatic carbocycles. The molecule has 5 rings (SSSR count). The molecule has 0 aliphatic rings. The first-order valence-electron chi connectivity index (χ1n) is 9.63. The molecule has 0 saturated heterocycles. The molecule has 1 N–H and O–H groups in total. The molecule has 7 nitrogen and oxygen atoms in total. The lowest BCUT2D eigenvalue weighted by atomic mass is 10.2. The van der Waals surface area contributed by atoms with Crippen LogP contribution in [0, 0.1) is 10.1 Å². The Kier molecular flexibility index (Phi) is 4.89. The number of fused-ring (bicyclic) bond motifs is 2. The number of thiazole rings is 1. The second kappa shape index (κ2) is 8.00. The standard InChI is InChI=1S/C23H17N5O2S/c29-28(30)18-11-9-16(10-12-18)14-27-15-17(19-5-1-3-7-21(19)27)13-24-26-23-25-20-6-2-4-8-22(20)31-23/h1-13,15H,14H2,(H,25,26)/b24-13-. The third kappa shape index (κ3) is 3.88. The van der Waals surface area contributed by atoms with Crippen LogP contribution in [0.25, 0.3) is 21.1 Å². The fraction of sp³-hybridized carbons (Fsp3) is 0.0435. The number of para-hydroxylation sites is 2. The van der Waals surface area contributed by atoms with Crippen LogP contribution in [0.4, 0.5) is 10.8 Å². The summed E-state index contributed by atoms with van der Waals surface area (Å²) in [6.07, 6.45) is 3.83.